The van der Waals surface area contributed by atoms with Crippen LogP contribution in [0.3, 0.4) is 0 Å². The number of rotatable bonds is 6. The summed E-state index contributed by atoms with van der Waals surface area (Å²) in [5.41, 5.74) is -1.97. The highest BCUT2D eigenvalue weighted by Gasteiger charge is 2.47. The zero-order valence-electron chi connectivity index (χ0n) is 13.5. The van der Waals surface area contributed by atoms with Gasteiger partial charge in [0.15, 0.2) is 0 Å². The van der Waals surface area contributed by atoms with E-state index in [-0.39, 0.29) is 12.2 Å². The van der Waals surface area contributed by atoms with Gasteiger partial charge in [0, 0.05) is 24.3 Å². The molecule has 1 aromatic rings. The van der Waals surface area contributed by atoms with Crippen molar-refractivity contribution in [2.45, 2.75) is 44.7 Å². The van der Waals surface area contributed by atoms with E-state index in [2.05, 4.69) is 0 Å². The molecule has 0 bridgehead atoms. The molecule has 0 amide bonds. The van der Waals surface area contributed by atoms with Crippen LogP contribution in [-0.4, -0.2) is 29.6 Å². The van der Waals surface area contributed by atoms with Gasteiger partial charge in [0.1, 0.15) is 11.4 Å². The van der Waals surface area contributed by atoms with Gasteiger partial charge in [-0.2, -0.15) is 0 Å². The van der Waals surface area contributed by atoms with Gasteiger partial charge in [-0.15, -0.1) is 0 Å². The molecule has 2 rings (SSSR count). The van der Waals surface area contributed by atoms with Gasteiger partial charge in [0.25, 0.3) is 0 Å². The second-order valence-electron chi connectivity index (χ2n) is 6.36. The number of carboxylic acids is 1. The number of aliphatic carboxylic acids is 1. The number of carboxylic acid groups (broad SMARTS) is 1. The van der Waals surface area contributed by atoms with E-state index in [1.54, 1.807) is 37.3 Å². The van der Waals surface area contributed by atoms with Crippen LogP contribution in [0.5, 0.6) is 0 Å². The van der Waals surface area contributed by atoms with Gasteiger partial charge in [-0.3, -0.25) is 14.2 Å². The first kappa shape index (κ1) is 17.9. The number of Topliss-reactive ketones (excluding diaryl/α,β-unsaturated/α-hetero) is 1. The van der Waals surface area contributed by atoms with Gasteiger partial charge in [-0.05, 0) is 31.4 Å². The predicted octanol–water partition coefficient (Wildman–Crippen LogP) is 3.23. The average molecular weight is 338 g/mol. The standard InChI is InChI=1S/C17H23O5P/c1-17(11-7-6-10-15(17)18)12-14(16(19)20)23(21,22-2)13-8-4-3-5-9-13/h3-5,8-9,14H,6-7,10-12H2,1-2H3,(H,19,20)/t14?,17-,23+/m0/s1. The first-order chi connectivity index (χ1) is 10.8. The normalized spacial score (nSPS) is 25.6. The van der Waals surface area contributed by atoms with Gasteiger partial charge in [0.2, 0.25) is 7.37 Å². The van der Waals surface area contributed by atoms with Crippen molar-refractivity contribution < 1.29 is 23.8 Å². The topological polar surface area (TPSA) is 80.7 Å². The molecular weight excluding hydrogens is 315 g/mol. The van der Waals surface area contributed by atoms with Crippen LogP contribution in [0.4, 0.5) is 0 Å². The Morgan fingerprint density at radius 3 is 2.52 bits per heavy atom. The lowest BCUT2D eigenvalue weighted by atomic mass is 9.71. The average Bonchev–Trinajstić information content (AvgIpc) is 2.55. The number of carbonyl (C=O) groups excluding carboxylic acids is 1. The van der Waals surface area contributed by atoms with Crippen molar-refractivity contribution in [3.05, 3.63) is 30.3 Å². The quantitative estimate of drug-likeness (QED) is 0.806. The van der Waals surface area contributed by atoms with Crippen molar-refractivity contribution in [1.29, 1.82) is 0 Å². The fourth-order valence-electron chi connectivity index (χ4n) is 3.29. The van der Waals surface area contributed by atoms with Gasteiger partial charge in [-0.25, -0.2) is 0 Å². The first-order valence-corrected chi connectivity index (χ1v) is 9.50. The summed E-state index contributed by atoms with van der Waals surface area (Å²) in [6, 6.07) is 8.41. The number of benzene rings is 1. The Morgan fingerprint density at radius 2 is 2.00 bits per heavy atom. The minimum absolute atomic E-state index is 0.0428. The minimum atomic E-state index is -3.61. The molecule has 1 saturated carbocycles. The molecule has 0 aromatic heterocycles. The second-order valence-corrected chi connectivity index (χ2v) is 9.06. The SMILES string of the molecule is CO[P@](=O)(c1ccccc1)C(C[C@]1(C)CCCCC1=O)C(=O)O. The maximum atomic E-state index is 13.3. The highest BCUT2D eigenvalue weighted by atomic mass is 31.2. The van der Waals surface area contributed by atoms with E-state index in [9.17, 15) is 19.3 Å². The van der Waals surface area contributed by atoms with Crippen LogP contribution in [0, 0.1) is 5.41 Å². The van der Waals surface area contributed by atoms with Gasteiger partial charge in [0.05, 0.1) is 0 Å². The third kappa shape index (κ3) is 3.56. The summed E-state index contributed by atoms with van der Waals surface area (Å²) in [5, 5.41) is 10.0. The monoisotopic (exact) mass is 338 g/mol. The van der Waals surface area contributed by atoms with Crippen LogP contribution in [0.1, 0.15) is 39.0 Å². The molecule has 1 N–H and O–H groups in total. The summed E-state index contributed by atoms with van der Waals surface area (Å²) >= 11 is 0. The molecule has 0 aliphatic heterocycles. The van der Waals surface area contributed by atoms with E-state index in [1.807, 2.05) is 0 Å². The molecule has 5 nitrogen and oxygen atoms in total. The van der Waals surface area contributed by atoms with Crippen molar-refractivity contribution in [2.24, 2.45) is 5.41 Å². The summed E-state index contributed by atoms with van der Waals surface area (Å²) < 4.78 is 18.6. The van der Waals surface area contributed by atoms with Crippen LogP contribution >= 0.6 is 7.37 Å². The zero-order valence-corrected chi connectivity index (χ0v) is 14.4. The molecule has 6 heteroatoms. The molecule has 1 unspecified atom stereocenters. The number of hydrogen-bond donors (Lipinski definition) is 1. The van der Waals surface area contributed by atoms with E-state index in [0.29, 0.717) is 18.1 Å². The zero-order chi connectivity index (χ0) is 17.1. The molecule has 1 aliphatic carbocycles. The lowest BCUT2D eigenvalue weighted by Crippen LogP contribution is -2.38. The smallest absolute Gasteiger partial charge is 0.316 e. The molecule has 1 aromatic carbocycles. The summed E-state index contributed by atoms with van der Waals surface area (Å²) in [6.45, 7) is 1.79. The number of ketones is 1. The maximum absolute atomic E-state index is 13.3. The third-order valence-corrected chi connectivity index (χ3v) is 7.57. The van der Waals surface area contributed by atoms with Crippen LogP contribution in [-0.2, 0) is 18.7 Å². The molecule has 1 aliphatic rings. The third-order valence-electron chi connectivity index (χ3n) is 4.78. The van der Waals surface area contributed by atoms with E-state index < -0.39 is 24.4 Å². The first-order valence-electron chi connectivity index (χ1n) is 7.81. The highest BCUT2D eigenvalue weighted by molar-refractivity contribution is 7.68. The lowest BCUT2D eigenvalue weighted by molar-refractivity contribution is -0.138. The Balaban J connectivity index is 2.39. The van der Waals surface area contributed by atoms with E-state index in [0.717, 1.165) is 12.8 Å². The summed E-state index contributed by atoms with van der Waals surface area (Å²) in [5.74, 6) is -1.12. The fraction of sp³-hybridized carbons (Fsp3) is 0.529. The number of carbonyl (C=O) groups is 2. The predicted molar refractivity (Wildman–Crippen MR) is 88.3 cm³/mol. The van der Waals surface area contributed by atoms with Gasteiger partial charge >= 0.3 is 5.97 Å². The van der Waals surface area contributed by atoms with Gasteiger partial charge in [-0.1, -0.05) is 31.5 Å². The van der Waals surface area contributed by atoms with Crippen LogP contribution in [0.15, 0.2) is 30.3 Å². The Bertz CT molecular complexity index is 627. The van der Waals surface area contributed by atoms with Crippen molar-refractivity contribution in [3.8, 4) is 0 Å². The van der Waals surface area contributed by atoms with Crippen molar-refractivity contribution >= 4 is 24.4 Å². The maximum Gasteiger partial charge on any atom is 0.316 e. The van der Waals surface area contributed by atoms with Gasteiger partial charge < -0.3 is 9.63 Å². The van der Waals surface area contributed by atoms with E-state index >= 15 is 0 Å². The summed E-state index contributed by atoms with van der Waals surface area (Å²) in [6.07, 6.45) is 2.87. The fourth-order valence-corrected chi connectivity index (χ4v) is 5.63. The van der Waals surface area contributed by atoms with Crippen molar-refractivity contribution in [3.63, 3.8) is 0 Å². The van der Waals surface area contributed by atoms with Crippen LogP contribution in [0.25, 0.3) is 0 Å². The summed E-state index contributed by atoms with van der Waals surface area (Å²) in [4.78, 5) is 24.1. The molecule has 23 heavy (non-hydrogen) atoms. The Kier molecular flexibility index (Phi) is 5.43. The largest absolute Gasteiger partial charge is 0.481 e. The van der Waals surface area contributed by atoms with Crippen molar-refractivity contribution in [2.75, 3.05) is 7.11 Å². The Hall–Kier alpha value is -1.45. The van der Waals surface area contributed by atoms with Crippen LogP contribution < -0.4 is 5.30 Å². The molecule has 0 spiro atoms. The lowest BCUT2D eigenvalue weighted by Gasteiger charge is -2.35. The van der Waals surface area contributed by atoms with Crippen LogP contribution in [0.2, 0.25) is 0 Å². The minimum Gasteiger partial charge on any atom is -0.481 e. The molecule has 0 saturated heterocycles. The van der Waals surface area contributed by atoms with E-state index in [4.69, 9.17) is 4.52 Å². The highest BCUT2D eigenvalue weighted by Crippen LogP contribution is 2.55. The number of hydrogen-bond acceptors (Lipinski definition) is 4. The van der Waals surface area contributed by atoms with E-state index in [1.165, 1.54) is 7.11 Å². The van der Waals surface area contributed by atoms with Crippen molar-refractivity contribution in [1.82, 2.24) is 0 Å². The second kappa shape index (κ2) is 6.98. The molecule has 0 heterocycles. The molecule has 1 fully saturated rings. The molecular formula is C17H23O5P. The molecule has 3 atom stereocenters. The molecule has 0 radical (unpaired) electrons. The summed E-state index contributed by atoms with van der Waals surface area (Å²) in [7, 11) is -2.33. The molecule has 126 valence electrons. The Labute approximate surface area is 136 Å². The Morgan fingerprint density at radius 1 is 1.35 bits per heavy atom.